The summed E-state index contributed by atoms with van der Waals surface area (Å²) in [6.45, 7) is 6.95. The molecule has 152 valence electrons. The van der Waals surface area contributed by atoms with Crippen molar-refractivity contribution < 1.29 is 14.3 Å². The molecular weight excluding hydrogens is 400 g/mol. The first-order chi connectivity index (χ1) is 14.1. The number of carbonyl (C=O) groups excluding carboxylic acids is 2. The fourth-order valence-corrected chi connectivity index (χ4v) is 3.65. The van der Waals surface area contributed by atoms with Gasteiger partial charge in [0, 0.05) is 21.9 Å². The average Bonchev–Trinajstić information content (AvgIpc) is 3.04. The highest BCUT2D eigenvalue weighted by molar-refractivity contribution is 6.32. The third kappa shape index (κ3) is 3.68. The molecular formula is C24H21ClN2O3. The van der Waals surface area contributed by atoms with E-state index in [-0.39, 0.29) is 10.9 Å². The summed E-state index contributed by atoms with van der Waals surface area (Å²) < 4.78 is 7.14. The predicted molar refractivity (Wildman–Crippen MR) is 119 cm³/mol. The molecule has 0 fully saturated rings. The van der Waals surface area contributed by atoms with E-state index in [1.165, 1.54) is 11.5 Å². The Labute approximate surface area is 179 Å². The number of fused-ring (bicyclic) bond motifs is 2. The van der Waals surface area contributed by atoms with Gasteiger partial charge >= 0.3 is 6.09 Å². The standard InChI is InChI=1S/C24H21ClN2O3/c1-14(28)15-9-10-20-17(11-15)13-21(27(20)23(29)30-24(2,3)4)18-12-16-7-5-6-8-19(16)26-22(18)25/h5-13H,1-4H3. The lowest BCUT2D eigenvalue weighted by molar-refractivity contribution is 0.0547. The van der Waals surface area contributed by atoms with Gasteiger partial charge in [-0.05, 0) is 64.1 Å². The number of ether oxygens (including phenoxy) is 1. The first kappa shape index (κ1) is 20.1. The molecule has 0 amide bonds. The zero-order valence-corrected chi connectivity index (χ0v) is 17.9. The summed E-state index contributed by atoms with van der Waals surface area (Å²) in [5.41, 5.74) is 2.47. The largest absolute Gasteiger partial charge is 0.443 e. The molecule has 0 saturated carbocycles. The van der Waals surface area contributed by atoms with Crippen molar-refractivity contribution >= 4 is 45.3 Å². The molecule has 30 heavy (non-hydrogen) atoms. The van der Waals surface area contributed by atoms with Gasteiger partial charge in [0.15, 0.2) is 5.78 Å². The quantitative estimate of drug-likeness (QED) is 0.274. The summed E-state index contributed by atoms with van der Waals surface area (Å²) in [6, 6.07) is 16.6. The Morgan fingerprint density at radius 1 is 1.00 bits per heavy atom. The summed E-state index contributed by atoms with van der Waals surface area (Å²) in [7, 11) is 0. The number of nitrogens with zero attached hydrogens (tertiary/aromatic N) is 2. The molecule has 2 heterocycles. The molecule has 4 rings (SSSR count). The van der Waals surface area contributed by atoms with Gasteiger partial charge < -0.3 is 4.74 Å². The van der Waals surface area contributed by atoms with Crippen molar-refractivity contribution in [1.82, 2.24) is 9.55 Å². The first-order valence-electron chi connectivity index (χ1n) is 9.59. The van der Waals surface area contributed by atoms with Crippen LogP contribution in [0.1, 0.15) is 38.1 Å². The van der Waals surface area contributed by atoms with Gasteiger partial charge in [0.05, 0.1) is 16.7 Å². The summed E-state index contributed by atoms with van der Waals surface area (Å²) >= 11 is 6.53. The number of carbonyl (C=O) groups is 2. The molecule has 0 aliphatic rings. The highest BCUT2D eigenvalue weighted by atomic mass is 35.5. The van der Waals surface area contributed by atoms with E-state index in [1.807, 2.05) is 57.2 Å². The SMILES string of the molecule is CC(=O)c1ccc2c(c1)cc(-c1cc3ccccc3nc1Cl)n2C(=O)OC(C)(C)C. The van der Waals surface area contributed by atoms with E-state index in [2.05, 4.69) is 4.98 Å². The normalized spacial score (nSPS) is 11.8. The molecule has 0 aliphatic carbocycles. The maximum absolute atomic E-state index is 13.1. The third-order valence-electron chi connectivity index (χ3n) is 4.74. The molecule has 0 atom stereocenters. The maximum atomic E-state index is 13.1. The van der Waals surface area contributed by atoms with E-state index < -0.39 is 11.7 Å². The molecule has 0 unspecified atom stereocenters. The lowest BCUT2D eigenvalue weighted by Crippen LogP contribution is -2.27. The van der Waals surface area contributed by atoms with Crippen molar-refractivity contribution in [3.05, 3.63) is 65.3 Å². The van der Waals surface area contributed by atoms with Gasteiger partial charge in [-0.1, -0.05) is 29.8 Å². The Kier molecular flexibility index (Phi) is 4.86. The second-order valence-electron chi connectivity index (χ2n) is 8.19. The van der Waals surface area contributed by atoms with E-state index in [4.69, 9.17) is 16.3 Å². The molecule has 0 aliphatic heterocycles. The van der Waals surface area contributed by atoms with Crippen molar-refractivity contribution in [3.63, 3.8) is 0 Å². The van der Waals surface area contributed by atoms with Gasteiger partial charge in [-0.2, -0.15) is 0 Å². The van der Waals surface area contributed by atoms with Crippen molar-refractivity contribution in [2.75, 3.05) is 0 Å². The van der Waals surface area contributed by atoms with E-state index in [0.717, 1.165) is 16.3 Å². The second kappa shape index (κ2) is 7.26. The minimum absolute atomic E-state index is 0.0473. The zero-order chi connectivity index (χ0) is 21.6. The highest BCUT2D eigenvalue weighted by Gasteiger charge is 2.24. The Balaban J connectivity index is 2.00. The molecule has 0 spiro atoms. The van der Waals surface area contributed by atoms with Gasteiger partial charge in [-0.15, -0.1) is 0 Å². The van der Waals surface area contributed by atoms with Crippen LogP contribution in [0.25, 0.3) is 33.1 Å². The Hall–Kier alpha value is -3.18. The van der Waals surface area contributed by atoms with Crippen LogP contribution in [0.4, 0.5) is 4.79 Å². The number of halogens is 1. The van der Waals surface area contributed by atoms with Crippen LogP contribution in [0, 0.1) is 0 Å². The van der Waals surface area contributed by atoms with Crippen molar-refractivity contribution in [3.8, 4) is 11.3 Å². The lowest BCUT2D eigenvalue weighted by atomic mass is 10.1. The van der Waals surface area contributed by atoms with E-state index >= 15 is 0 Å². The van der Waals surface area contributed by atoms with Crippen LogP contribution in [-0.2, 0) is 4.74 Å². The topological polar surface area (TPSA) is 61.2 Å². The Morgan fingerprint density at radius 2 is 1.73 bits per heavy atom. The summed E-state index contributed by atoms with van der Waals surface area (Å²) in [5, 5.41) is 1.93. The molecule has 5 nitrogen and oxygen atoms in total. The summed E-state index contributed by atoms with van der Waals surface area (Å²) in [5.74, 6) is -0.0473. The fourth-order valence-electron chi connectivity index (χ4n) is 3.41. The molecule has 0 N–H and O–H groups in total. The number of benzene rings is 2. The number of hydrogen-bond acceptors (Lipinski definition) is 4. The zero-order valence-electron chi connectivity index (χ0n) is 17.2. The first-order valence-corrected chi connectivity index (χ1v) is 9.97. The third-order valence-corrected chi connectivity index (χ3v) is 5.03. The van der Waals surface area contributed by atoms with Gasteiger partial charge in [-0.25, -0.2) is 14.3 Å². The van der Waals surface area contributed by atoms with E-state index in [1.54, 1.807) is 18.2 Å². The average molecular weight is 421 g/mol. The Morgan fingerprint density at radius 3 is 2.43 bits per heavy atom. The van der Waals surface area contributed by atoms with Crippen LogP contribution >= 0.6 is 11.6 Å². The molecule has 4 aromatic rings. The Bertz CT molecular complexity index is 1320. The maximum Gasteiger partial charge on any atom is 0.419 e. The highest BCUT2D eigenvalue weighted by Crippen LogP contribution is 2.35. The van der Waals surface area contributed by atoms with Gasteiger partial charge in [0.1, 0.15) is 10.8 Å². The number of para-hydroxylation sites is 1. The second-order valence-corrected chi connectivity index (χ2v) is 8.55. The fraction of sp³-hybridized carbons (Fsp3) is 0.208. The predicted octanol–water partition coefficient (Wildman–Crippen LogP) is 6.50. The number of pyridine rings is 1. The molecule has 0 radical (unpaired) electrons. The minimum atomic E-state index is -0.671. The van der Waals surface area contributed by atoms with Gasteiger partial charge in [-0.3, -0.25) is 4.79 Å². The summed E-state index contributed by atoms with van der Waals surface area (Å²) in [6.07, 6.45) is -0.521. The number of Topliss-reactive ketones (excluding diaryl/α,β-unsaturated/α-hetero) is 1. The van der Waals surface area contributed by atoms with E-state index in [9.17, 15) is 9.59 Å². The summed E-state index contributed by atoms with van der Waals surface area (Å²) in [4.78, 5) is 29.5. The molecule has 6 heteroatoms. The minimum Gasteiger partial charge on any atom is -0.443 e. The monoisotopic (exact) mass is 420 g/mol. The molecule has 0 saturated heterocycles. The van der Waals surface area contributed by atoms with Crippen molar-refractivity contribution in [1.29, 1.82) is 0 Å². The van der Waals surface area contributed by atoms with Gasteiger partial charge in [0.2, 0.25) is 0 Å². The number of ketones is 1. The van der Waals surface area contributed by atoms with Crippen LogP contribution in [0.5, 0.6) is 0 Å². The number of rotatable bonds is 2. The van der Waals surface area contributed by atoms with Crippen LogP contribution in [0.15, 0.2) is 54.6 Å². The van der Waals surface area contributed by atoms with Crippen LogP contribution in [-0.4, -0.2) is 27.0 Å². The van der Waals surface area contributed by atoms with Crippen LogP contribution in [0.3, 0.4) is 0 Å². The van der Waals surface area contributed by atoms with Crippen LogP contribution < -0.4 is 0 Å². The number of hydrogen-bond donors (Lipinski definition) is 0. The molecule has 2 aromatic carbocycles. The molecule has 0 bridgehead atoms. The molecule has 2 aromatic heterocycles. The smallest absolute Gasteiger partial charge is 0.419 e. The number of aromatic nitrogens is 2. The lowest BCUT2D eigenvalue weighted by Gasteiger charge is -2.21. The van der Waals surface area contributed by atoms with E-state index in [0.29, 0.717) is 22.3 Å². The van der Waals surface area contributed by atoms with Crippen molar-refractivity contribution in [2.24, 2.45) is 0 Å². The van der Waals surface area contributed by atoms with Crippen LogP contribution in [0.2, 0.25) is 5.15 Å². The van der Waals surface area contributed by atoms with Crippen molar-refractivity contribution in [2.45, 2.75) is 33.3 Å². The van der Waals surface area contributed by atoms with Gasteiger partial charge in [0.25, 0.3) is 0 Å².